The van der Waals surface area contributed by atoms with Crippen LogP contribution in [0.2, 0.25) is 0 Å². The van der Waals surface area contributed by atoms with E-state index in [4.69, 9.17) is 14.8 Å². The lowest BCUT2D eigenvalue weighted by molar-refractivity contribution is 0.421. The fraction of sp³-hybridized carbons (Fsp3) is 0.137. The lowest BCUT2D eigenvalue weighted by Gasteiger charge is -2.11. The maximum absolute atomic E-state index is 14.6. The van der Waals surface area contributed by atoms with Crippen molar-refractivity contribution < 1.29 is 45.2 Å². The van der Waals surface area contributed by atoms with E-state index in [0.717, 1.165) is 12.4 Å². The number of sulfonamides is 1. The summed E-state index contributed by atoms with van der Waals surface area (Å²) in [5.41, 5.74) is 10.7. The zero-order valence-corrected chi connectivity index (χ0v) is 40.3. The van der Waals surface area contributed by atoms with E-state index in [0.29, 0.717) is 69.3 Å². The molecule has 1 aliphatic carbocycles. The lowest BCUT2D eigenvalue weighted by atomic mass is 10.2. The molecule has 1 aliphatic rings. The summed E-state index contributed by atoms with van der Waals surface area (Å²) in [5.74, 6) is -2.33. The average molecular weight is 1060 g/mol. The van der Waals surface area contributed by atoms with Crippen LogP contribution in [0.4, 0.5) is 40.6 Å². The molecular formula is C51H42F4N14O6S. The number of anilines is 4. The van der Waals surface area contributed by atoms with Gasteiger partial charge in [-0.2, -0.15) is 10.2 Å². The first kappa shape index (κ1) is 49.9. The van der Waals surface area contributed by atoms with Crippen LogP contribution in [0, 0.1) is 23.3 Å². The Morgan fingerprint density at radius 1 is 0.605 bits per heavy atom. The predicted octanol–water partition coefficient (Wildman–Crippen LogP) is 8.76. The third kappa shape index (κ3) is 11.4. The summed E-state index contributed by atoms with van der Waals surface area (Å²) in [6, 6.07) is 28.5. The van der Waals surface area contributed by atoms with Crippen molar-refractivity contribution >= 4 is 33.0 Å². The highest BCUT2D eigenvalue weighted by atomic mass is 32.2. The molecule has 0 saturated heterocycles. The molecule has 11 rings (SSSR count). The van der Waals surface area contributed by atoms with Crippen LogP contribution in [-0.2, 0) is 36.2 Å². The van der Waals surface area contributed by atoms with Crippen LogP contribution >= 0.6 is 0 Å². The highest BCUT2D eigenvalue weighted by Crippen LogP contribution is 2.34. The minimum atomic E-state index is -3.53. The Bertz CT molecular complexity index is 3800. The second-order valence-electron chi connectivity index (χ2n) is 17.2. The van der Waals surface area contributed by atoms with Gasteiger partial charge < -0.3 is 35.6 Å². The van der Waals surface area contributed by atoms with Gasteiger partial charge in [0.25, 0.3) is 0 Å². The quantitative estimate of drug-likeness (QED) is 0.0282. The summed E-state index contributed by atoms with van der Waals surface area (Å²) in [6.07, 6.45) is 6.05. The largest absolute Gasteiger partial charge is 0.506 e. The van der Waals surface area contributed by atoms with Crippen molar-refractivity contribution in [1.29, 1.82) is 0 Å². The predicted molar refractivity (Wildman–Crippen MR) is 269 cm³/mol. The highest BCUT2D eigenvalue weighted by molar-refractivity contribution is 7.93. The summed E-state index contributed by atoms with van der Waals surface area (Å²) in [6.45, 7) is 0.481. The van der Waals surface area contributed by atoms with E-state index >= 15 is 0 Å². The van der Waals surface area contributed by atoms with E-state index < -0.39 is 26.9 Å². The Hall–Kier alpha value is -9.65. The lowest BCUT2D eigenvalue weighted by Crippen LogP contribution is -2.17. The van der Waals surface area contributed by atoms with E-state index in [1.54, 1.807) is 83.5 Å². The number of hydrogen-bond donors (Lipinski definition) is 6. The number of aromatic nitrogens is 10. The molecule has 6 heterocycles. The van der Waals surface area contributed by atoms with Crippen LogP contribution in [0.1, 0.15) is 35.1 Å². The van der Waals surface area contributed by atoms with Gasteiger partial charge in [-0.1, -0.05) is 58.8 Å². The number of aromatic hydroxyl groups is 2. The molecule has 0 radical (unpaired) electrons. The van der Waals surface area contributed by atoms with Crippen LogP contribution in [0.3, 0.4) is 0 Å². The molecule has 1 saturated carbocycles. The Labute approximate surface area is 429 Å². The van der Waals surface area contributed by atoms with Crippen LogP contribution in [0.25, 0.3) is 45.8 Å². The third-order valence-corrected chi connectivity index (χ3v) is 13.6. The van der Waals surface area contributed by atoms with Crippen LogP contribution in [-0.4, -0.2) is 73.7 Å². The Kier molecular flexibility index (Phi) is 14.1. The average Bonchev–Trinajstić information content (AvgIpc) is 3.79. The normalized spacial score (nSPS) is 12.3. The molecule has 0 amide bonds. The first-order valence-electron chi connectivity index (χ1n) is 23.1. The second kappa shape index (κ2) is 21.4. The van der Waals surface area contributed by atoms with Gasteiger partial charge in [0.05, 0.1) is 53.5 Å². The minimum absolute atomic E-state index is 0.0436. The van der Waals surface area contributed by atoms with Gasteiger partial charge in [-0.3, -0.25) is 14.1 Å². The molecule has 7 N–H and O–H groups in total. The van der Waals surface area contributed by atoms with Gasteiger partial charge in [-0.25, -0.2) is 45.9 Å². The van der Waals surface area contributed by atoms with Crippen LogP contribution in [0.5, 0.6) is 11.5 Å². The number of nitrogens with one attached hydrogen (secondary N) is 3. The number of nitrogens with zero attached hydrogens (tertiary/aromatic N) is 10. The molecule has 1 fully saturated rings. The van der Waals surface area contributed by atoms with Crippen molar-refractivity contribution in [2.24, 2.45) is 0 Å². The molecule has 10 aromatic rings. The Morgan fingerprint density at radius 3 is 1.54 bits per heavy atom. The summed E-state index contributed by atoms with van der Waals surface area (Å²) in [5, 5.41) is 42.4. The molecule has 386 valence electrons. The number of rotatable bonds is 17. The standard InChI is InChI=1S/C27H23F2N7O4S.C24H19F2N7O2/c28-19-4-2-1-3-17(19)15-36-24(21-9-10-40-34-21)12-23(33-36)27-31-14-20(29)26(32-27)30-13-16-5-8-22(25(37)11-16)35-41(38,39)18-6-7-18;25-16-4-2-1-3-15(16)13-33-21(19-7-8-35-32-19)10-20(31-33)24-29-12-17(26)23(30-24)28-11-14-5-6-18(27)22(34)9-14/h1-5,8-12,14,18,35,37H,6-7,13,15H2,(H,30,31,32);1-10,12,34H,11,13,27H2,(H,28,29,30). The zero-order valence-electron chi connectivity index (χ0n) is 39.5. The molecule has 4 aromatic carbocycles. The summed E-state index contributed by atoms with van der Waals surface area (Å²) in [4.78, 5) is 16.7. The summed E-state index contributed by atoms with van der Waals surface area (Å²) >= 11 is 0. The molecular weight excluding hydrogens is 1010 g/mol. The molecule has 0 atom stereocenters. The zero-order chi connectivity index (χ0) is 52.9. The van der Waals surface area contributed by atoms with E-state index in [2.05, 4.69) is 55.8 Å². The van der Waals surface area contributed by atoms with Crippen LogP contribution in [0.15, 0.2) is 143 Å². The fourth-order valence-corrected chi connectivity index (χ4v) is 9.06. The van der Waals surface area contributed by atoms with Gasteiger partial charge in [0.1, 0.15) is 58.4 Å². The fourth-order valence-electron chi connectivity index (χ4n) is 7.66. The topological polar surface area (TPSA) is 276 Å². The third-order valence-electron chi connectivity index (χ3n) is 11.8. The summed E-state index contributed by atoms with van der Waals surface area (Å²) < 4.78 is 97.5. The Morgan fingerprint density at radius 2 is 1.09 bits per heavy atom. The van der Waals surface area contributed by atoms with E-state index in [1.165, 1.54) is 47.5 Å². The SMILES string of the molecule is Nc1ccc(CNc2nc(-c3cc(-c4ccon4)n(Cc4ccccc4F)n3)ncc2F)cc1O.O=S(=O)(Nc1ccc(CNc2nc(-c3cc(-c4ccon4)n(Cc4ccccc4F)n3)ncc2F)cc1O)C1CC1. The van der Waals surface area contributed by atoms with E-state index in [1.807, 2.05) is 0 Å². The molecule has 0 bridgehead atoms. The van der Waals surface area contributed by atoms with Gasteiger partial charge in [-0.05, 0) is 72.5 Å². The van der Waals surface area contributed by atoms with Gasteiger partial charge in [-0.15, -0.1) is 0 Å². The van der Waals surface area contributed by atoms with Crippen molar-refractivity contribution in [1.82, 2.24) is 49.8 Å². The maximum atomic E-state index is 14.6. The van der Waals surface area contributed by atoms with Gasteiger partial charge in [0, 0.05) is 36.3 Å². The number of nitrogens with two attached hydrogens (primary N) is 1. The van der Waals surface area contributed by atoms with Crippen molar-refractivity contribution in [3.63, 3.8) is 0 Å². The molecule has 0 spiro atoms. The van der Waals surface area contributed by atoms with E-state index in [9.17, 15) is 36.2 Å². The van der Waals surface area contributed by atoms with Crippen molar-refractivity contribution in [3.8, 4) is 57.3 Å². The van der Waals surface area contributed by atoms with Gasteiger partial charge in [0.2, 0.25) is 10.0 Å². The van der Waals surface area contributed by atoms with Gasteiger partial charge in [0.15, 0.2) is 34.9 Å². The maximum Gasteiger partial charge on any atom is 0.235 e. The summed E-state index contributed by atoms with van der Waals surface area (Å²) in [7, 11) is -3.53. The minimum Gasteiger partial charge on any atom is -0.506 e. The highest BCUT2D eigenvalue weighted by Gasteiger charge is 2.36. The van der Waals surface area contributed by atoms with Crippen molar-refractivity contribution in [2.75, 3.05) is 21.1 Å². The second-order valence-corrected chi connectivity index (χ2v) is 19.1. The monoisotopic (exact) mass is 1050 g/mol. The smallest absolute Gasteiger partial charge is 0.235 e. The van der Waals surface area contributed by atoms with Gasteiger partial charge >= 0.3 is 0 Å². The van der Waals surface area contributed by atoms with E-state index in [-0.39, 0.29) is 84.0 Å². The molecule has 20 nitrogen and oxygen atoms in total. The first-order chi connectivity index (χ1) is 36.7. The molecule has 25 heteroatoms. The molecule has 76 heavy (non-hydrogen) atoms. The molecule has 0 unspecified atom stereocenters. The molecule has 0 aliphatic heterocycles. The molecule has 6 aromatic heterocycles. The van der Waals surface area contributed by atoms with Crippen LogP contribution < -0.4 is 21.1 Å². The first-order valence-corrected chi connectivity index (χ1v) is 24.7. The number of benzene rings is 4. The Balaban J connectivity index is 0.000000175. The van der Waals surface area contributed by atoms with Crippen molar-refractivity contribution in [3.05, 3.63) is 180 Å². The number of halogens is 4. The number of hydrogen-bond acceptors (Lipinski definition) is 17. The number of phenols is 2. The van der Waals surface area contributed by atoms with Crippen molar-refractivity contribution in [2.45, 2.75) is 44.3 Å². The number of phenolic OH excluding ortho intramolecular Hbond substituents is 2. The number of nitrogen functional groups attached to an aromatic ring is 1.